The molecule has 6 heteroatoms. The standard InChI is InChI=1S/C15H21N3O3/c1-16-14(20)11-6-13(19)18(7-11)12-8-17(9-12)15(21)10-4-2-3-5-10/h2-3,10-12H,4-9H2,1H3,(H,16,20). The van der Waals surface area contributed by atoms with E-state index in [9.17, 15) is 14.4 Å². The molecule has 0 spiro atoms. The molecule has 1 aliphatic carbocycles. The normalized spacial score (nSPS) is 26.3. The lowest BCUT2D eigenvalue weighted by atomic mass is 10.0. The van der Waals surface area contributed by atoms with Crippen LogP contribution in [0.3, 0.4) is 0 Å². The van der Waals surface area contributed by atoms with Crippen molar-refractivity contribution in [2.45, 2.75) is 25.3 Å². The lowest BCUT2D eigenvalue weighted by molar-refractivity contribution is -0.147. The van der Waals surface area contributed by atoms with E-state index in [0.717, 1.165) is 12.8 Å². The summed E-state index contributed by atoms with van der Waals surface area (Å²) in [5.74, 6) is 0.00856. The fourth-order valence-corrected chi connectivity index (χ4v) is 3.37. The molecule has 1 unspecified atom stereocenters. The average Bonchev–Trinajstić information content (AvgIpc) is 3.06. The molecule has 1 atom stereocenters. The van der Waals surface area contributed by atoms with Gasteiger partial charge in [-0.1, -0.05) is 12.2 Å². The molecule has 2 saturated heterocycles. The van der Waals surface area contributed by atoms with Crippen LogP contribution >= 0.6 is 0 Å². The fourth-order valence-electron chi connectivity index (χ4n) is 3.37. The number of amides is 3. The van der Waals surface area contributed by atoms with Crippen LogP contribution < -0.4 is 5.32 Å². The summed E-state index contributed by atoms with van der Waals surface area (Å²) in [5.41, 5.74) is 0. The maximum atomic E-state index is 12.2. The molecule has 1 N–H and O–H groups in total. The smallest absolute Gasteiger partial charge is 0.226 e. The Balaban J connectivity index is 1.51. The minimum absolute atomic E-state index is 0.0308. The molecule has 2 fully saturated rings. The van der Waals surface area contributed by atoms with E-state index in [1.807, 2.05) is 4.90 Å². The van der Waals surface area contributed by atoms with Gasteiger partial charge in [-0.15, -0.1) is 0 Å². The van der Waals surface area contributed by atoms with Gasteiger partial charge in [0.25, 0.3) is 0 Å². The van der Waals surface area contributed by atoms with E-state index in [4.69, 9.17) is 0 Å². The average molecular weight is 291 g/mol. The zero-order valence-corrected chi connectivity index (χ0v) is 12.2. The lowest BCUT2D eigenvalue weighted by Gasteiger charge is -2.45. The number of hydrogen-bond donors (Lipinski definition) is 1. The largest absolute Gasteiger partial charge is 0.359 e. The summed E-state index contributed by atoms with van der Waals surface area (Å²) in [4.78, 5) is 39.4. The molecule has 2 aliphatic heterocycles. The van der Waals surface area contributed by atoms with Crippen LogP contribution in [0.15, 0.2) is 12.2 Å². The molecular formula is C15H21N3O3. The van der Waals surface area contributed by atoms with Crippen molar-refractivity contribution in [1.29, 1.82) is 0 Å². The zero-order chi connectivity index (χ0) is 15.0. The van der Waals surface area contributed by atoms with Crippen molar-refractivity contribution in [3.63, 3.8) is 0 Å². The van der Waals surface area contributed by atoms with Gasteiger partial charge in [0.05, 0.1) is 12.0 Å². The Hall–Kier alpha value is -1.85. The summed E-state index contributed by atoms with van der Waals surface area (Å²) >= 11 is 0. The lowest BCUT2D eigenvalue weighted by Crippen LogP contribution is -2.62. The van der Waals surface area contributed by atoms with Gasteiger partial charge in [-0.25, -0.2) is 0 Å². The van der Waals surface area contributed by atoms with Gasteiger partial charge in [-0.05, 0) is 12.8 Å². The van der Waals surface area contributed by atoms with Crippen LogP contribution in [0.25, 0.3) is 0 Å². The van der Waals surface area contributed by atoms with Crippen molar-refractivity contribution in [3.05, 3.63) is 12.2 Å². The summed E-state index contributed by atoms with van der Waals surface area (Å²) in [6, 6.07) is 0.0884. The highest BCUT2D eigenvalue weighted by molar-refractivity contribution is 5.89. The second kappa shape index (κ2) is 5.50. The monoisotopic (exact) mass is 291 g/mol. The molecule has 2 heterocycles. The van der Waals surface area contributed by atoms with Crippen molar-refractivity contribution in [1.82, 2.24) is 15.1 Å². The summed E-state index contributed by atoms with van der Waals surface area (Å²) in [6.07, 6.45) is 6.06. The zero-order valence-electron chi connectivity index (χ0n) is 12.2. The predicted molar refractivity (Wildman–Crippen MR) is 76.1 cm³/mol. The first-order valence-corrected chi connectivity index (χ1v) is 7.55. The van der Waals surface area contributed by atoms with Crippen LogP contribution in [-0.2, 0) is 14.4 Å². The molecule has 0 bridgehead atoms. The minimum atomic E-state index is -0.244. The number of allylic oxidation sites excluding steroid dienone is 2. The fraction of sp³-hybridized carbons (Fsp3) is 0.667. The van der Waals surface area contributed by atoms with Gasteiger partial charge >= 0.3 is 0 Å². The second-order valence-electron chi connectivity index (χ2n) is 6.10. The molecule has 0 aromatic rings. The van der Waals surface area contributed by atoms with Crippen LogP contribution in [0.5, 0.6) is 0 Å². The molecule has 3 rings (SSSR count). The summed E-state index contributed by atoms with van der Waals surface area (Å²) < 4.78 is 0. The van der Waals surface area contributed by atoms with Gasteiger partial charge in [0.2, 0.25) is 17.7 Å². The van der Waals surface area contributed by atoms with Crippen LogP contribution in [0.4, 0.5) is 0 Å². The first-order valence-electron chi connectivity index (χ1n) is 7.55. The van der Waals surface area contributed by atoms with Crippen LogP contribution in [0.2, 0.25) is 0 Å². The molecular weight excluding hydrogens is 270 g/mol. The van der Waals surface area contributed by atoms with E-state index in [2.05, 4.69) is 17.5 Å². The minimum Gasteiger partial charge on any atom is -0.359 e. The highest BCUT2D eigenvalue weighted by Crippen LogP contribution is 2.28. The van der Waals surface area contributed by atoms with Crippen LogP contribution in [0.1, 0.15) is 19.3 Å². The van der Waals surface area contributed by atoms with Gasteiger partial charge < -0.3 is 15.1 Å². The van der Waals surface area contributed by atoms with Crippen molar-refractivity contribution in [2.24, 2.45) is 11.8 Å². The number of likely N-dealkylation sites (tertiary alicyclic amines) is 2. The Morgan fingerprint density at radius 1 is 1.14 bits per heavy atom. The molecule has 3 aliphatic rings. The Kier molecular flexibility index (Phi) is 3.69. The maximum absolute atomic E-state index is 12.2. The SMILES string of the molecule is CNC(=O)C1CC(=O)N(C2CN(C(=O)C3CC=CC3)C2)C1. The van der Waals surface area contributed by atoms with Crippen molar-refractivity contribution >= 4 is 17.7 Å². The van der Waals surface area contributed by atoms with Crippen LogP contribution in [-0.4, -0.2) is 60.2 Å². The highest BCUT2D eigenvalue weighted by Gasteiger charge is 2.44. The predicted octanol–water partition coefficient (Wildman–Crippen LogP) is -0.242. The molecule has 0 aromatic heterocycles. The van der Waals surface area contributed by atoms with E-state index in [1.54, 1.807) is 11.9 Å². The van der Waals surface area contributed by atoms with Gasteiger partial charge in [-0.3, -0.25) is 14.4 Å². The third kappa shape index (κ3) is 2.54. The second-order valence-corrected chi connectivity index (χ2v) is 6.10. The molecule has 114 valence electrons. The summed E-state index contributed by atoms with van der Waals surface area (Å²) in [5, 5.41) is 2.60. The van der Waals surface area contributed by atoms with Gasteiger partial charge in [0, 0.05) is 39.0 Å². The number of rotatable bonds is 3. The third-order valence-electron chi connectivity index (χ3n) is 4.75. The Bertz CT molecular complexity index is 488. The van der Waals surface area contributed by atoms with Crippen molar-refractivity contribution < 1.29 is 14.4 Å². The molecule has 0 radical (unpaired) electrons. The Morgan fingerprint density at radius 3 is 2.43 bits per heavy atom. The Morgan fingerprint density at radius 2 is 1.81 bits per heavy atom. The van der Waals surface area contributed by atoms with Crippen molar-refractivity contribution in [2.75, 3.05) is 26.7 Å². The third-order valence-corrected chi connectivity index (χ3v) is 4.75. The molecule has 0 saturated carbocycles. The van der Waals surface area contributed by atoms with Crippen LogP contribution in [0, 0.1) is 11.8 Å². The molecule has 21 heavy (non-hydrogen) atoms. The quantitative estimate of drug-likeness (QED) is 0.730. The van der Waals surface area contributed by atoms with E-state index in [0.29, 0.717) is 19.6 Å². The van der Waals surface area contributed by atoms with E-state index >= 15 is 0 Å². The number of carbonyl (C=O) groups excluding carboxylic acids is 3. The first-order chi connectivity index (χ1) is 10.1. The molecule has 6 nitrogen and oxygen atoms in total. The van der Waals surface area contributed by atoms with Gasteiger partial charge in [0.1, 0.15) is 0 Å². The summed E-state index contributed by atoms with van der Waals surface area (Å²) in [6.45, 7) is 1.71. The van der Waals surface area contributed by atoms with E-state index in [1.165, 1.54) is 0 Å². The molecule has 3 amide bonds. The van der Waals surface area contributed by atoms with E-state index < -0.39 is 0 Å². The number of nitrogens with one attached hydrogen (secondary N) is 1. The van der Waals surface area contributed by atoms with Crippen molar-refractivity contribution in [3.8, 4) is 0 Å². The van der Waals surface area contributed by atoms with Gasteiger partial charge in [0.15, 0.2) is 0 Å². The van der Waals surface area contributed by atoms with Gasteiger partial charge in [-0.2, -0.15) is 0 Å². The highest BCUT2D eigenvalue weighted by atomic mass is 16.2. The summed E-state index contributed by atoms with van der Waals surface area (Å²) in [7, 11) is 1.59. The first kappa shape index (κ1) is 14.1. The number of carbonyl (C=O) groups is 3. The maximum Gasteiger partial charge on any atom is 0.226 e. The molecule has 0 aromatic carbocycles. The topological polar surface area (TPSA) is 69.7 Å². The van der Waals surface area contributed by atoms with E-state index in [-0.39, 0.29) is 42.0 Å². The number of nitrogens with zero attached hydrogens (tertiary/aromatic N) is 2. The number of hydrogen-bond acceptors (Lipinski definition) is 3. The Labute approximate surface area is 124 Å².